The zero-order valence-corrected chi connectivity index (χ0v) is 12.0. The smallest absolute Gasteiger partial charge is 0.0406 e. The van der Waals surface area contributed by atoms with Crippen LogP contribution in [0.2, 0.25) is 5.02 Å². The van der Waals surface area contributed by atoms with Crippen LogP contribution in [0, 0.1) is 5.41 Å². The molecular weight excluding hydrogens is 240 g/mol. The molecule has 0 atom stereocenters. The fourth-order valence-electron chi connectivity index (χ4n) is 2.12. The van der Waals surface area contributed by atoms with Gasteiger partial charge in [-0.05, 0) is 40.7 Å². The van der Waals surface area contributed by atoms with E-state index in [1.165, 1.54) is 16.7 Å². The Labute approximate surface area is 115 Å². The molecule has 0 spiro atoms. The van der Waals surface area contributed by atoms with Gasteiger partial charge in [0.15, 0.2) is 0 Å². The zero-order valence-electron chi connectivity index (χ0n) is 11.2. The SMILES string of the molecule is CC(C)(C)Cc1cccc(-c2ccc(Cl)cc2)c1. The van der Waals surface area contributed by atoms with Crippen molar-refractivity contribution in [2.45, 2.75) is 27.2 Å². The highest BCUT2D eigenvalue weighted by molar-refractivity contribution is 6.30. The van der Waals surface area contributed by atoms with E-state index in [-0.39, 0.29) is 0 Å². The van der Waals surface area contributed by atoms with E-state index in [2.05, 4.69) is 57.2 Å². The number of rotatable bonds is 2. The second kappa shape index (κ2) is 5.16. The predicted molar refractivity (Wildman–Crippen MR) is 80.0 cm³/mol. The van der Waals surface area contributed by atoms with Crippen molar-refractivity contribution in [3.8, 4) is 11.1 Å². The summed E-state index contributed by atoms with van der Waals surface area (Å²) < 4.78 is 0. The van der Waals surface area contributed by atoms with Crippen LogP contribution >= 0.6 is 11.6 Å². The van der Waals surface area contributed by atoms with Gasteiger partial charge < -0.3 is 0 Å². The van der Waals surface area contributed by atoms with E-state index in [1.807, 2.05) is 12.1 Å². The molecule has 18 heavy (non-hydrogen) atoms. The topological polar surface area (TPSA) is 0 Å². The first-order chi connectivity index (χ1) is 8.44. The summed E-state index contributed by atoms with van der Waals surface area (Å²) in [5.41, 5.74) is 4.18. The maximum absolute atomic E-state index is 5.92. The average Bonchev–Trinajstić information content (AvgIpc) is 2.28. The monoisotopic (exact) mass is 258 g/mol. The molecule has 0 aliphatic rings. The van der Waals surface area contributed by atoms with Gasteiger partial charge in [0, 0.05) is 5.02 Å². The third-order valence-electron chi connectivity index (χ3n) is 2.84. The van der Waals surface area contributed by atoms with Crippen LogP contribution in [0.4, 0.5) is 0 Å². The molecule has 0 nitrogen and oxygen atoms in total. The van der Waals surface area contributed by atoms with E-state index in [0.717, 1.165) is 11.4 Å². The summed E-state index contributed by atoms with van der Waals surface area (Å²) in [5.74, 6) is 0. The maximum Gasteiger partial charge on any atom is 0.0406 e. The van der Waals surface area contributed by atoms with Crippen molar-refractivity contribution in [1.29, 1.82) is 0 Å². The van der Waals surface area contributed by atoms with Crippen LogP contribution in [0.5, 0.6) is 0 Å². The van der Waals surface area contributed by atoms with Crippen molar-refractivity contribution >= 4 is 11.6 Å². The first-order valence-corrected chi connectivity index (χ1v) is 6.67. The molecule has 0 aliphatic heterocycles. The van der Waals surface area contributed by atoms with Crippen LogP contribution in [-0.4, -0.2) is 0 Å². The van der Waals surface area contributed by atoms with Crippen LogP contribution in [0.3, 0.4) is 0 Å². The molecule has 0 aliphatic carbocycles. The van der Waals surface area contributed by atoms with E-state index in [1.54, 1.807) is 0 Å². The summed E-state index contributed by atoms with van der Waals surface area (Å²) in [6, 6.07) is 16.8. The molecule has 0 N–H and O–H groups in total. The highest BCUT2D eigenvalue weighted by Gasteiger charge is 2.11. The lowest BCUT2D eigenvalue weighted by molar-refractivity contribution is 0.411. The predicted octanol–water partition coefficient (Wildman–Crippen LogP) is 5.60. The summed E-state index contributed by atoms with van der Waals surface area (Å²) in [4.78, 5) is 0. The molecule has 2 rings (SSSR count). The summed E-state index contributed by atoms with van der Waals surface area (Å²) in [5, 5.41) is 0.782. The lowest BCUT2D eigenvalue weighted by Crippen LogP contribution is -2.08. The lowest BCUT2D eigenvalue weighted by Gasteiger charge is -2.18. The van der Waals surface area contributed by atoms with E-state index in [0.29, 0.717) is 5.41 Å². The molecule has 2 aromatic carbocycles. The van der Waals surface area contributed by atoms with Crippen molar-refractivity contribution in [2.24, 2.45) is 5.41 Å². The number of hydrogen-bond donors (Lipinski definition) is 0. The zero-order chi connectivity index (χ0) is 13.2. The standard InChI is InChI=1S/C17H19Cl/c1-17(2,3)12-13-5-4-6-15(11-13)14-7-9-16(18)10-8-14/h4-11H,12H2,1-3H3. The Morgan fingerprint density at radius 1 is 0.889 bits per heavy atom. The lowest BCUT2D eigenvalue weighted by atomic mass is 9.87. The largest absolute Gasteiger partial charge is 0.0843 e. The molecule has 0 radical (unpaired) electrons. The first-order valence-electron chi connectivity index (χ1n) is 6.29. The molecular formula is C17H19Cl. The van der Waals surface area contributed by atoms with Gasteiger partial charge in [-0.3, -0.25) is 0 Å². The van der Waals surface area contributed by atoms with Gasteiger partial charge in [-0.1, -0.05) is 68.8 Å². The van der Waals surface area contributed by atoms with Crippen LogP contribution in [0.15, 0.2) is 48.5 Å². The second-order valence-corrected chi connectivity index (χ2v) is 6.38. The van der Waals surface area contributed by atoms with Gasteiger partial charge in [0.25, 0.3) is 0 Å². The minimum atomic E-state index is 0.318. The molecule has 0 saturated carbocycles. The Hall–Kier alpha value is -1.27. The Balaban J connectivity index is 2.29. The Morgan fingerprint density at radius 2 is 1.56 bits per heavy atom. The van der Waals surface area contributed by atoms with Crippen molar-refractivity contribution in [3.63, 3.8) is 0 Å². The maximum atomic E-state index is 5.92. The molecule has 0 aromatic heterocycles. The molecule has 0 heterocycles. The molecule has 0 saturated heterocycles. The van der Waals surface area contributed by atoms with Crippen molar-refractivity contribution in [3.05, 3.63) is 59.1 Å². The van der Waals surface area contributed by atoms with Gasteiger partial charge in [0.05, 0.1) is 0 Å². The van der Waals surface area contributed by atoms with Crippen molar-refractivity contribution in [1.82, 2.24) is 0 Å². The minimum absolute atomic E-state index is 0.318. The average molecular weight is 259 g/mol. The van der Waals surface area contributed by atoms with E-state index in [4.69, 9.17) is 11.6 Å². The molecule has 94 valence electrons. The summed E-state index contributed by atoms with van der Waals surface area (Å²) >= 11 is 5.92. The number of halogens is 1. The normalized spacial score (nSPS) is 11.6. The molecule has 1 heteroatoms. The third kappa shape index (κ3) is 3.61. The minimum Gasteiger partial charge on any atom is -0.0843 e. The Morgan fingerprint density at radius 3 is 2.17 bits per heavy atom. The molecule has 0 fully saturated rings. The first kappa shape index (κ1) is 13.2. The highest BCUT2D eigenvalue weighted by atomic mass is 35.5. The second-order valence-electron chi connectivity index (χ2n) is 5.94. The molecule has 2 aromatic rings. The van der Waals surface area contributed by atoms with Crippen LogP contribution in [0.25, 0.3) is 11.1 Å². The molecule has 0 bridgehead atoms. The highest BCUT2D eigenvalue weighted by Crippen LogP contribution is 2.26. The summed E-state index contributed by atoms with van der Waals surface area (Å²) in [6.45, 7) is 6.80. The number of benzene rings is 2. The van der Waals surface area contributed by atoms with Gasteiger partial charge in [-0.2, -0.15) is 0 Å². The van der Waals surface area contributed by atoms with Gasteiger partial charge in [-0.25, -0.2) is 0 Å². The quantitative estimate of drug-likeness (QED) is 0.658. The number of hydrogen-bond acceptors (Lipinski definition) is 0. The van der Waals surface area contributed by atoms with Crippen LogP contribution < -0.4 is 0 Å². The fraction of sp³-hybridized carbons (Fsp3) is 0.294. The van der Waals surface area contributed by atoms with E-state index >= 15 is 0 Å². The van der Waals surface area contributed by atoms with Gasteiger partial charge >= 0.3 is 0 Å². The van der Waals surface area contributed by atoms with Crippen molar-refractivity contribution in [2.75, 3.05) is 0 Å². The third-order valence-corrected chi connectivity index (χ3v) is 3.09. The van der Waals surface area contributed by atoms with Crippen LogP contribution in [-0.2, 0) is 6.42 Å². The molecule has 0 amide bonds. The fourth-order valence-corrected chi connectivity index (χ4v) is 2.24. The van der Waals surface area contributed by atoms with Gasteiger partial charge in [-0.15, -0.1) is 0 Å². The van der Waals surface area contributed by atoms with Gasteiger partial charge in [0.1, 0.15) is 0 Å². The summed E-state index contributed by atoms with van der Waals surface area (Å²) in [7, 11) is 0. The Kier molecular flexibility index (Phi) is 3.77. The van der Waals surface area contributed by atoms with E-state index < -0.39 is 0 Å². The Bertz CT molecular complexity index is 518. The van der Waals surface area contributed by atoms with Crippen LogP contribution in [0.1, 0.15) is 26.3 Å². The van der Waals surface area contributed by atoms with Crippen molar-refractivity contribution < 1.29 is 0 Å². The molecule has 0 unspecified atom stereocenters. The van der Waals surface area contributed by atoms with E-state index in [9.17, 15) is 0 Å². The van der Waals surface area contributed by atoms with Gasteiger partial charge in [0.2, 0.25) is 0 Å². The summed E-state index contributed by atoms with van der Waals surface area (Å²) in [6.07, 6.45) is 1.09.